The molecule has 0 atom stereocenters. The molecule has 0 saturated heterocycles. The largest absolute Gasteiger partial charge is 0.341 e. The van der Waals surface area contributed by atoms with Gasteiger partial charge in [-0.1, -0.05) is 0 Å². The standard InChI is InChI=1S/C2HN4O/c7-2-6-1-3-4-5-6/h1H. The van der Waals surface area contributed by atoms with Gasteiger partial charge >= 0.3 is 6.41 Å². The average molecular weight is 97.1 g/mol. The molecular weight excluding hydrogens is 96.0 g/mol. The lowest BCUT2D eigenvalue weighted by atomic mass is 11.2. The van der Waals surface area contributed by atoms with Crippen LogP contribution in [0.3, 0.4) is 0 Å². The Morgan fingerprint density at radius 2 is 2.57 bits per heavy atom. The highest BCUT2D eigenvalue weighted by Gasteiger charge is 1.82. The molecule has 0 unspecified atom stereocenters. The van der Waals surface area contributed by atoms with Gasteiger partial charge in [0.1, 0.15) is 6.33 Å². The Hall–Kier alpha value is -1.26. The van der Waals surface area contributed by atoms with Crippen molar-refractivity contribution >= 4 is 6.41 Å². The zero-order valence-electron chi connectivity index (χ0n) is 3.27. The first-order valence-electron chi connectivity index (χ1n) is 1.54. The summed E-state index contributed by atoms with van der Waals surface area (Å²) in [5.41, 5.74) is 0. The third-order valence-corrected chi connectivity index (χ3v) is 0.443. The van der Waals surface area contributed by atoms with E-state index in [1.807, 2.05) is 0 Å². The molecule has 0 fully saturated rings. The molecule has 0 bridgehead atoms. The van der Waals surface area contributed by atoms with Crippen molar-refractivity contribution in [3.05, 3.63) is 6.33 Å². The molecular formula is C2HN4O. The maximum absolute atomic E-state index is 9.56. The molecule has 0 amide bonds. The van der Waals surface area contributed by atoms with Gasteiger partial charge in [-0.2, -0.15) is 4.68 Å². The second-order valence-corrected chi connectivity index (χ2v) is 0.846. The summed E-state index contributed by atoms with van der Waals surface area (Å²) >= 11 is 0. The van der Waals surface area contributed by atoms with Gasteiger partial charge in [0.05, 0.1) is 0 Å². The number of tetrazole rings is 1. The molecule has 0 aliphatic heterocycles. The highest BCUT2D eigenvalue weighted by atomic mass is 16.1. The average Bonchev–Trinajstić information content (AvgIpc) is 2.14. The van der Waals surface area contributed by atoms with Crippen LogP contribution in [0.2, 0.25) is 0 Å². The van der Waals surface area contributed by atoms with Crippen LogP contribution in [0.5, 0.6) is 0 Å². The van der Waals surface area contributed by atoms with Crippen molar-refractivity contribution in [1.29, 1.82) is 0 Å². The van der Waals surface area contributed by atoms with Crippen molar-refractivity contribution in [1.82, 2.24) is 20.2 Å². The van der Waals surface area contributed by atoms with Gasteiger partial charge in [-0.05, 0) is 10.4 Å². The number of rotatable bonds is 1. The summed E-state index contributed by atoms with van der Waals surface area (Å²) in [7, 11) is 0. The van der Waals surface area contributed by atoms with Gasteiger partial charge in [0.15, 0.2) is 0 Å². The second-order valence-electron chi connectivity index (χ2n) is 0.846. The van der Waals surface area contributed by atoms with Gasteiger partial charge in [-0.3, -0.25) is 4.79 Å². The molecule has 1 aromatic heterocycles. The van der Waals surface area contributed by atoms with Crippen molar-refractivity contribution in [2.45, 2.75) is 0 Å². The fraction of sp³-hybridized carbons (Fsp3) is 0. The van der Waals surface area contributed by atoms with E-state index >= 15 is 0 Å². The molecule has 0 N–H and O–H groups in total. The Labute approximate surface area is 38.9 Å². The summed E-state index contributed by atoms with van der Waals surface area (Å²) in [6.45, 7) is 0. The molecule has 0 aliphatic carbocycles. The molecule has 5 nitrogen and oxygen atoms in total. The second kappa shape index (κ2) is 1.46. The van der Waals surface area contributed by atoms with Gasteiger partial charge in [0.25, 0.3) is 0 Å². The highest BCUT2D eigenvalue weighted by molar-refractivity contribution is 5.48. The Bertz CT molecular complexity index is 145. The summed E-state index contributed by atoms with van der Waals surface area (Å²) in [4.78, 5) is 9.56. The SMILES string of the molecule is O=[C]n1cnnn1. The normalized spacial score (nSPS) is 8.57. The summed E-state index contributed by atoms with van der Waals surface area (Å²) in [6, 6.07) is 0. The minimum Gasteiger partial charge on any atom is -0.261 e. The maximum atomic E-state index is 9.56. The number of nitrogens with zero attached hydrogens (tertiary/aromatic N) is 4. The van der Waals surface area contributed by atoms with E-state index < -0.39 is 0 Å². The number of carbonyl (C=O) groups excluding carboxylic acids is 1. The quantitative estimate of drug-likeness (QED) is 0.404. The molecule has 0 aliphatic rings. The van der Waals surface area contributed by atoms with E-state index in [1.54, 1.807) is 0 Å². The first-order chi connectivity index (χ1) is 3.43. The van der Waals surface area contributed by atoms with Crippen LogP contribution in [0.4, 0.5) is 0 Å². The van der Waals surface area contributed by atoms with Crippen molar-refractivity contribution in [2.75, 3.05) is 0 Å². The predicted molar refractivity (Wildman–Crippen MR) is 18.9 cm³/mol. The summed E-state index contributed by atoms with van der Waals surface area (Å²) < 4.78 is 0.847. The smallest absolute Gasteiger partial charge is 0.261 e. The van der Waals surface area contributed by atoms with Crippen molar-refractivity contribution in [3.8, 4) is 0 Å². The summed E-state index contributed by atoms with van der Waals surface area (Å²) in [5.74, 6) is 0. The van der Waals surface area contributed by atoms with Gasteiger partial charge in [0, 0.05) is 0 Å². The topological polar surface area (TPSA) is 60.7 Å². The van der Waals surface area contributed by atoms with Gasteiger partial charge in [0.2, 0.25) is 0 Å². The zero-order chi connectivity index (χ0) is 5.11. The Morgan fingerprint density at radius 1 is 1.71 bits per heavy atom. The van der Waals surface area contributed by atoms with E-state index in [9.17, 15) is 4.79 Å². The van der Waals surface area contributed by atoms with Gasteiger partial charge in [-0.15, -0.1) is 5.10 Å². The third kappa shape index (κ3) is 0.594. The molecule has 0 aromatic carbocycles. The first kappa shape index (κ1) is 3.91. The van der Waals surface area contributed by atoms with E-state index in [2.05, 4.69) is 15.5 Å². The fourth-order valence-corrected chi connectivity index (χ4v) is 0.203. The Morgan fingerprint density at radius 3 is 2.86 bits per heavy atom. The molecule has 1 radical (unpaired) electrons. The number of hydrogen-bond donors (Lipinski definition) is 0. The van der Waals surface area contributed by atoms with Crippen molar-refractivity contribution in [3.63, 3.8) is 0 Å². The molecule has 1 aromatic rings. The lowest BCUT2D eigenvalue weighted by Gasteiger charge is -1.68. The van der Waals surface area contributed by atoms with Gasteiger partial charge < -0.3 is 0 Å². The lowest BCUT2D eigenvalue weighted by Crippen LogP contribution is -1.93. The van der Waals surface area contributed by atoms with Crippen LogP contribution in [0.15, 0.2) is 6.33 Å². The first-order valence-corrected chi connectivity index (χ1v) is 1.54. The van der Waals surface area contributed by atoms with Crippen LogP contribution in [0.1, 0.15) is 0 Å². The number of aromatic nitrogens is 4. The van der Waals surface area contributed by atoms with Crippen LogP contribution in [0.25, 0.3) is 0 Å². The fourth-order valence-electron chi connectivity index (χ4n) is 0.203. The molecule has 1 heterocycles. The van der Waals surface area contributed by atoms with E-state index in [0.29, 0.717) is 0 Å². The van der Waals surface area contributed by atoms with Crippen LogP contribution in [0, 0.1) is 0 Å². The molecule has 0 saturated carbocycles. The summed E-state index contributed by atoms with van der Waals surface area (Å²) in [5, 5.41) is 9.49. The van der Waals surface area contributed by atoms with Crippen LogP contribution in [-0.4, -0.2) is 26.6 Å². The third-order valence-electron chi connectivity index (χ3n) is 0.443. The van der Waals surface area contributed by atoms with E-state index in [1.165, 1.54) is 6.41 Å². The number of hydrogen-bond acceptors (Lipinski definition) is 4. The summed E-state index contributed by atoms with van der Waals surface area (Å²) in [6.07, 6.45) is 2.60. The zero-order valence-corrected chi connectivity index (χ0v) is 3.27. The van der Waals surface area contributed by atoms with Crippen LogP contribution in [-0.2, 0) is 4.79 Å². The predicted octanol–water partition coefficient (Wildman–Crippen LogP) is -1.41. The Balaban J connectivity index is 2.96. The molecule has 5 heteroatoms. The van der Waals surface area contributed by atoms with Gasteiger partial charge in [-0.25, -0.2) is 0 Å². The van der Waals surface area contributed by atoms with E-state index in [-0.39, 0.29) is 0 Å². The molecule has 0 spiro atoms. The van der Waals surface area contributed by atoms with E-state index in [4.69, 9.17) is 0 Å². The minimum atomic E-state index is 0.847. The molecule has 1 rings (SSSR count). The van der Waals surface area contributed by atoms with E-state index in [0.717, 1.165) is 11.0 Å². The monoisotopic (exact) mass is 97.0 g/mol. The van der Waals surface area contributed by atoms with Crippen molar-refractivity contribution in [2.24, 2.45) is 0 Å². The van der Waals surface area contributed by atoms with Crippen LogP contribution < -0.4 is 0 Å². The highest BCUT2D eigenvalue weighted by Crippen LogP contribution is 1.60. The minimum absolute atomic E-state index is 0.847. The molecule has 7 heavy (non-hydrogen) atoms. The molecule has 35 valence electrons. The maximum Gasteiger partial charge on any atom is 0.341 e. The van der Waals surface area contributed by atoms with Crippen LogP contribution >= 0.6 is 0 Å². The Kier molecular flexibility index (Phi) is 0.816. The lowest BCUT2D eigenvalue weighted by molar-refractivity contribution is 0.538. The van der Waals surface area contributed by atoms with Crippen molar-refractivity contribution < 1.29 is 4.79 Å².